The molecule has 0 spiro atoms. The molecule has 0 aliphatic carbocycles. The van der Waals surface area contributed by atoms with Crippen molar-refractivity contribution in [3.05, 3.63) is 60.7 Å². The second-order valence-electron chi connectivity index (χ2n) is 5.20. The molecule has 138 valence electrons. The van der Waals surface area contributed by atoms with Crippen LogP contribution in [0.2, 0.25) is 0 Å². The molecule has 0 aromatic heterocycles. The predicted molar refractivity (Wildman–Crippen MR) is 96.0 cm³/mol. The van der Waals surface area contributed by atoms with E-state index in [1.807, 2.05) is 0 Å². The van der Waals surface area contributed by atoms with E-state index in [0.29, 0.717) is 0 Å². The van der Waals surface area contributed by atoms with Crippen molar-refractivity contribution in [2.45, 2.75) is 19.6 Å². The maximum absolute atomic E-state index is 13.5. The molecule has 1 N–H and O–H groups in total. The summed E-state index contributed by atoms with van der Waals surface area (Å²) in [5, 5.41) is 2.32. The van der Waals surface area contributed by atoms with Crippen molar-refractivity contribution in [3.8, 4) is 11.5 Å². The number of carbonyl (C=O) groups excluding carboxylic acids is 2. The van der Waals surface area contributed by atoms with Gasteiger partial charge in [0.25, 0.3) is 5.78 Å². The number of nitrogens with one attached hydrogen (secondary N) is 1. The highest BCUT2D eigenvalue weighted by atomic mass is 31.2. The van der Waals surface area contributed by atoms with Crippen LogP contribution in [-0.4, -0.2) is 24.3 Å². The van der Waals surface area contributed by atoms with Crippen molar-refractivity contribution >= 4 is 19.5 Å². The maximum Gasteiger partial charge on any atom is 0.464 e. The van der Waals surface area contributed by atoms with E-state index >= 15 is 0 Å². The smallest absolute Gasteiger partial charge is 0.464 e. The van der Waals surface area contributed by atoms with Crippen LogP contribution in [0, 0.1) is 0 Å². The van der Waals surface area contributed by atoms with Crippen LogP contribution in [-0.2, 0) is 18.9 Å². The molecule has 8 heteroatoms. The van der Waals surface area contributed by atoms with Gasteiger partial charge in [0.2, 0.25) is 5.91 Å². The molecular formula is C18H20NO6P. The Morgan fingerprint density at radius 3 is 1.81 bits per heavy atom. The number of hydrogen-bond acceptors (Lipinski definition) is 6. The number of para-hydroxylation sites is 2. The molecular weight excluding hydrogens is 357 g/mol. The monoisotopic (exact) mass is 377 g/mol. The van der Waals surface area contributed by atoms with Crippen LogP contribution in [0.3, 0.4) is 0 Å². The highest BCUT2D eigenvalue weighted by Gasteiger charge is 2.46. The first-order chi connectivity index (χ1) is 12.4. The SMILES string of the molecule is CCOC(=O)C(NC(C)=O)P(=O)(Oc1ccccc1)Oc1ccccc1. The van der Waals surface area contributed by atoms with Crippen LogP contribution in [0.1, 0.15) is 13.8 Å². The lowest BCUT2D eigenvalue weighted by Crippen LogP contribution is -2.42. The van der Waals surface area contributed by atoms with Gasteiger partial charge < -0.3 is 19.1 Å². The van der Waals surface area contributed by atoms with Crippen LogP contribution < -0.4 is 14.4 Å². The quantitative estimate of drug-likeness (QED) is 0.560. The predicted octanol–water partition coefficient (Wildman–Crippen LogP) is 3.36. The summed E-state index contributed by atoms with van der Waals surface area (Å²) in [7, 11) is -4.22. The number of esters is 1. The van der Waals surface area contributed by atoms with Gasteiger partial charge in [0.05, 0.1) is 6.61 Å². The highest BCUT2D eigenvalue weighted by Crippen LogP contribution is 2.52. The van der Waals surface area contributed by atoms with E-state index in [9.17, 15) is 14.2 Å². The Hall–Kier alpha value is -2.79. The zero-order chi connectivity index (χ0) is 19.0. The molecule has 0 fully saturated rings. The second-order valence-corrected chi connectivity index (χ2v) is 7.16. The van der Waals surface area contributed by atoms with E-state index in [-0.39, 0.29) is 18.1 Å². The van der Waals surface area contributed by atoms with Gasteiger partial charge in [-0.2, -0.15) is 0 Å². The van der Waals surface area contributed by atoms with E-state index in [1.54, 1.807) is 67.6 Å². The third kappa shape index (κ3) is 5.36. The Morgan fingerprint density at radius 1 is 0.962 bits per heavy atom. The lowest BCUT2D eigenvalue weighted by Gasteiger charge is -2.26. The average molecular weight is 377 g/mol. The van der Waals surface area contributed by atoms with Gasteiger partial charge in [-0.3, -0.25) is 4.79 Å². The zero-order valence-corrected chi connectivity index (χ0v) is 15.3. The van der Waals surface area contributed by atoms with Crippen molar-refractivity contribution in [2.24, 2.45) is 0 Å². The number of amides is 1. The summed E-state index contributed by atoms with van der Waals surface area (Å²) in [5.41, 5.74) is 0. The fourth-order valence-electron chi connectivity index (χ4n) is 2.06. The van der Waals surface area contributed by atoms with E-state index < -0.39 is 25.3 Å². The Bertz CT molecular complexity index is 735. The number of carbonyl (C=O) groups is 2. The molecule has 0 aliphatic rings. The molecule has 2 aromatic carbocycles. The van der Waals surface area contributed by atoms with Crippen LogP contribution in [0.4, 0.5) is 0 Å². The number of ether oxygens (including phenoxy) is 1. The van der Waals surface area contributed by atoms with E-state index in [0.717, 1.165) is 0 Å². The number of rotatable bonds is 8. The summed E-state index contributed by atoms with van der Waals surface area (Å²) < 4.78 is 29.6. The highest BCUT2D eigenvalue weighted by molar-refractivity contribution is 7.56. The van der Waals surface area contributed by atoms with Crippen molar-refractivity contribution < 1.29 is 27.9 Å². The summed E-state index contributed by atoms with van der Waals surface area (Å²) in [6.45, 7) is 2.84. The fraction of sp³-hybridized carbons (Fsp3) is 0.222. The molecule has 0 aliphatic heterocycles. The van der Waals surface area contributed by atoms with Gasteiger partial charge in [0.15, 0.2) is 0 Å². The van der Waals surface area contributed by atoms with Crippen molar-refractivity contribution in [3.63, 3.8) is 0 Å². The first kappa shape index (κ1) is 19.5. The average Bonchev–Trinajstić information content (AvgIpc) is 2.61. The molecule has 0 saturated heterocycles. The molecule has 0 radical (unpaired) electrons. The minimum absolute atomic E-state index is 0.0472. The van der Waals surface area contributed by atoms with Crippen LogP contribution >= 0.6 is 7.60 Å². The lowest BCUT2D eigenvalue weighted by molar-refractivity contribution is -0.145. The van der Waals surface area contributed by atoms with Crippen LogP contribution in [0.5, 0.6) is 11.5 Å². The van der Waals surface area contributed by atoms with Crippen LogP contribution in [0.15, 0.2) is 60.7 Å². The summed E-state index contributed by atoms with van der Waals surface area (Å²) in [6, 6.07) is 16.5. The summed E-state index contributed by atoms with van der Waals surface area (Å²) >= 11 is 0. The minimum atomic E-state index is -4.22. The third-order valence-corrected chi connectivity index (χ3v) is 5.02. The van der Waals surface area contributed by atoms with Crippen molar-refractivity contribution in [2.75, 3.05) is 6.61 Å². The number of hydrogen-bond donors (Lipinski definition) is 1. The van der Waals surface area contributed by atoms with Gasteiger partial charge in [-0.15, -0.1) is 0 Å². The normalized spacial score (nSPS) is 11.9. The van der Waals surface area contributed by atoms with Gasteiger partial charge in [-0.25, -0.2) is 9.36 Å². The standard InChI is InChI=1S/C18H20NO6P/c1-3-23-18(21)17(19-14(2)20)26(22,24-15-10-6-4-7-11-15)25-16-12-8-5-9-13-16/h4-13,17H,3H2,1-2H3,(H,19,20). The molecule has 1 amide bonds. The molecule has 0 saturated carbocycles. The van der Waals surface area contributed by atoms with Gasteiger partial charge in [0.1, 0.15) is 11.5 Å². The fourth-order valence-corrected chi connectivity index (χ4v) is 3.81. The van der Waals surface area contributed by atoms with Gasteiger partial charge in [-0.05, 0) is 31.2 Å². The molecule has 26 heavy (non-hydrogen) atoms. The van der Waals surface area contributed by atoms with Gasteiger partial charge in [0, 0.05) is 6.92 Å². The summed E-state index contributed by atoms with van der Waals surface area (Å²) in [6.07, 6.45) is 0. The number of benzene rings is 2. The Balaban J connectivity index is 2.42. The Labute approximate surface area is 151 Å². The molecule has 1 unspecified atom stereocenters. The molecule has 2 aromatic rings. The summed E-state index contributed by atoms with van der Waals surface area (Å²) in [4.78, 5) is 23.9. The maximum atomic E-state index is 13.5. The molecule has 7 nitrogen and oxygen atoms in total. The summed E-state index contributed by atoms with van der Waals surface area (Å²) in [5.74, 6) is -2.63. The molecule has 0 heterocycles. The Morgan fingerprint density at radius 2 is 1.42 bits per heavy atom. The zero-order valence-electron chi connectivity index (χ0n) is 14.5. The van der Waals surface area contributed by atoms with Crippen molar-refractivity contribution in [1.29, 1.82) is 0 Å². The Kier molecular flexibility index (Phi) is 6.81. The first-order valence-electron chi connectivity index (χ1n) is 7.97. The third-order valence-electron chi connectivity index (χ3n) is 3.12. The minimum Gasteiger partial charge on any atom is -0.464 e. The molecule has 1 atom stereocenters. The van der Waals surface area contributed by atoms with E-state index in [2.05, 4.69) is 5.32 Å². The van der Waals surface area contributed by atoms with Gasteiger partial charge >= 0.3 is 13.6 Å². The largest absolute Gasteiger partial charge is 0.464 e. The lowest BCUT2D eigenvalue weighted by atomic mass is 10.3. The second kappa shape index (κ2) is 9.06. The van der Waals surface area contributed by atoms with Crippen molar-refractivity contribution in [1.82, 2.24) is 5.32 Å². The topological polar surface area (TPSA) is 90.9 Å². The molecule has 2 rings (SSSR count). The van der Waals surface area contributed by atoms with E-state index in [1.165, 1.54) is 6.92 Å². The van der Waals surface area contributed by atoms with Crippen LogP contribution in [0.25, 0.3) is 0 Å². The van der Waals surface area contributed by atoms with Gasteiger partial charge in [-0.1, -0.05) is 36.4 Å². The molecule has 0 bridgehead atoms. The first-order valence-corrected chi connectivity index (χ1v) is 9.58. The van der Waals surface area contributed by atoms with E-state index in [4.69, 9.17) is 13.8 Å².